The number of carbonyl (C=O) groups excluding carboxylic acids is 2. The molecule has 3 aromatic rings. The van der Waals surface area contributed by atoms with Gasteiger partial charge in [-0.3, -0.25) is 19.3 Å². The van der Waals surface area contributed by atoms with Crippen LogP contribution >= 0.6 is 0 Å². The monoisotopic (exact) mass is 456 g/mol. The second kappa shape index (κ2) is 7.97. The van der Waals surface area contributed by atoms with Crippen molar-refractivity contribution < 1.29 is 9.59 Å². The summed E-state index contributed by atoms with van der Waals surface area (Å²) >= 11 is 0. The molecule has 34 heavy (non-hydrogen) atoms. The van der Waals surface area contributed by atoms with Gasteiger partial charge < -0.3 is 14.7 Å². The lowest BCUT2D eigenvalue weighted by Crippen LogP contribution is -2.33. The van der Waals surface area contributed by atoms with Gasteiger partial charge in [-0.25, -0.2) is 0 Å². The Hall–Kier alpha value is -3.68. The zero-order chi connectivity index (χ0) is 23.4. The summed E-state index contributed by atoms with van der Waals surface area (Å²) in [7, 11) is 3.68. The number of hydrogen-bond donors (Lipinski definition) is 0. The van der Waals surface area contributed by atoms with Crippen LogP contribution in [0.15, 0.2) is 49.1 Å². The number of aromatic nitrogens is 3. The normalized spacial score (nSPS) is 21.7. The van der Waals surface area contributed by atoms with Crippen LogP contribution in [0.25, 0.3) is 11.1 Å². The van der Waals surface area contributed by atoms with Gasteiger partial charge in [0.2, 0.25) is 5.91 Å². The van der Waals surface area contributed by atoms with E-state index in [1.807, 2.05) is 37.5 Å². The molecule has 3 aliphatic heterocycles. The maximum Gasteiger partial charge on any atom is 0.257 e. The van der Waals surface area contributed by atoms with Crippen molar-refractivity contribution in [2.75, 3.05) is 43.0 Å². The van der Waals surface area contributed by atoms with E-state index in [0.29, 0.717) is 23.8 Å². The van der Waals surface area contributed by atoms with Crippen molar-refractivity contribution in [2.24, 2.45) is 18.9 Å². The molecule has 0 N–H and O–H groups in total. The maximum atomic E-state index is 12.8. The molecule has 5 heterocycles. The molecular weight excluding hydrogens is 428 g/mol. The summed E-state index contributed by atoms with van der Waals surface area (Å²) in [5, 5.41) is 4.13. The van der Waals surface area contributed by atoms with E-state index in [4.69, 9.17) is 0 Å². The van der Waals surface area contributed by atoms with Crippen LogP contribution in [0.1, 0.15) is 22.3 Å². The number of hydrogen-bond acceptors (Lipinski definition) is 5. The molecule has 6 rings (SSSR count). The SMILES string of the molecule is CN1C(=O)CCc2cc(-c3cncc(N4CC5CN(C(=O)c6cnn(C)c6)CC5C4)c3)ccc21. The number of amides is 2. The molecule has 0 radical (unpaired) electrons. The fourth-order valence-electron chi connectivity index (χ4n) is 5.68. The van der Waals surface area contributed by atoms with Gasteiger partial charge in [-0.2, -0.15) is 5.10 Å². The van der Waals surface area contributed by atoms with Crippen LogP contribution in [0, 0.1) is 11.8 Å². The summed E-state index contributed by atoms with van der Waals surface area (Å²) < 4.78 is 1.67. The molecule has 8 heteroatoms. The lowest BCUT2D eigenvalue weighted by molar-refractivity contribution is -0.118. The van der Waals surface area contributed by atoms with E-state index in [1.54, 1.807) is 22.0 Å². The minimum absolute atomic E-state index is 0.0810. The van der Waals surface area contributed by atoms with E-state index in [0.717, 1.165) is 55.1 Å². The van der Waals surface area contributed by atoms with Gasteiger partial charge in [-0.1, -0.05) is 6.07 Å². The molecule has 0 aliphatic carbocycles. The third kappa shape index (κ3) is 3.54. The Bertz CT molecular complexity index is 1270. The fraction of sp³-hybridized carbons (Fsp3) is 0.385. The molecule has 2 saturated heterocycles. The third-order valence-electron chi connectivity index (χ3n) is 7.57. The molecule has 1 aromatic carbocycles. The molecule has 0 saturated carbocycles. The van der Waals surface area contributed by atoms with Crippen molar-refractivity contribution in [3.63, 3.8) is 0 Å². The number of anilines is 2. The molecule has 3 aliphatic rings. The summed E-state index contributed by atoms with van der Waals surface area (Å²) in [6.45, 7) is 3.45. The van der Waals surface area contributed by atoms with Crippen LogP contribution in [-0.4, -0.2) is 64.7 Å². The van der Waals surface area contributed by atoms with Crippen molar-refractivity contribution in [3.05, 3.63) is 60.2 Å². The van der Waals surface area contributed by atoms with Crippen molar-refractivity contribution in [1.29, 1.82) is 0 Å². The zero-order valence-corrected chi connectivity index (χ0v) is 19.5. The van der Waals surface area contributed by atoms with Gasteiger partial charge in [0.25, 0.3) is 5.91 Å². The highest BCUT2D eigenvalue weighted by Crippen LogP contribution is 2.36. The van der Waals surface area contributed by atoms with Gasteiger partial charge in [-0.05, 0) is 35.7 Å². The van der Waals surface area contributed by atoms with Crippen molar-refractivity contribution in [2.45, 2.75) is 12.8 Å². The molecule has 2 atom stereocenters. The number of benzene rings is 1. The Morgan fingerprint density at radius 2 is 1.74 bits per heavy atom. The van der Waals surface area contributed by atoms with Crippen molar-refractivity contribution >= 4 is 23.2 Å². The number of nitrogens with zero attached hydrogens (tertiary/aromatic N) is 6. The van der Waals surface area contributed by atoms with Crippen molar-refractivity contribution in [3.8, 4) is 11.1 Å². The Kier molecular flexibility index (Phi) is 4.90. The summed E-state index contributed by atoms with van der Waals surface area (Å²) in [5.74, 6) is 1.20. The summed E-state index contributed by atoms with van der Waals surface area (Å²) in [5.41, 5.74) is 6.22. The highest BCUT2D eigenvalue weighted by atomic mass is 16.2. The van der Waals surface area contributed by atoms with Gasteiger partial charge in [0.1, 0.15) is 0 Å². The lowest BCUT2D eigenvalue weighted by Gasteiger charge is -2.26. The van der Waals surface area contributed by atoms with E-state index in [-0.39, 0.29) is 11.8 Å². The highest BCUT2D eigenvalue weighted by molar-refractivity contribution is 5.96. The predicted octanol–water partition coefficient (Wildman–Crippen LogP) is 2.60. The molecule has 174 valence electrons. The van der Waals surface area contributed by atoms with E-state index in [2.05, 4.69) is 33.2 Å². The van der Waals surface area contributed by atoms with Gasteiger partial charge in [0.05, 0.1) is 23.6 Å². The number of carbonyl (C=O) groups is 2. The van der Waals surface area contributed by atoms with Gasteiger partial charge in [0, 0.05) is 82.2 Å². The minimum Gasteiger partial charge on any atom is -0.370 e. The second-order valence-electron chi connectivity index (χ2n) is 9.77. The Labute approximate surface area is 198 Å². The first-order chi connectivity index (χ1) is 16.5. The average Bonchev–Trinajstić information content (AvgIpc) is 3.56. The molecule has 2 amide bonds. The van der Waals surface area contributed by atoms with Crippen LogP contribution in [0.5, 0.6) is 0 Å². The fourth-order valence-corrected chi connectivity index (χ4v) is 5.68. The van der Waals surface area contributed by atoms with Crippen LogP contribution in [0.4, 0.5) is 11.4 Å². The van der Waals surface area contributed by atoms with Crippen LogP contribution in [0.3, 0.4) is 0 Å². The number of pyridine rings is 1. The number of fused-ring (bicyclic) bond motifs is 2. The molecular formula is C26H28N6O2. The topological polar surface area (TPSA) is 74.6 Å². The quantitative estimate of drug-likeness (QED) is 0.606. The zero-order valence-electron chi connectivity index (χ0n) is 19.5. The Morgan fingerprint density at radius 1 is 0.941 bits per heavy atom. The molecule has 2 unspecified atom stereocenters. The molecule has 0 spiro atoms. The molecule has 2 aromatic heterocycles. The maximum absolute atomic E-state index is 12.8. The van der Waals surface area contributed by atoms with E-state index in [9.17, 15) is 9.59 Å². The predicted molar refractivity (Wildman–Crippen MR) is 130 cm³/mol. The van der Waals surface area contributed by atoms with Gasteiger partial charge in [-0.15, -0.1) is 0 Å². The van der Waals surface area contributed by atoms with Crippen molar-refractivity contribution in [1.82, 2.24) is 19.7 Å². The van der Waals surface area contributed by atoms with Crippen LogP contribution < -0.4 is 9.80 Å². The Morgan fingerprint density at radius 3 is 2.47 bits per heavy atom. The summed E-state index contributed by atoms with van der Waals surface area (Å²) in [6, 6.07) is 8.53. The molecule has 2 fully saturated rings. The standard InChI is InChI=1S/C26H28N6O2/c1-29-12-20(10-28-29)26(34)32-15-21-13-31(14-22(21)16-32)23-8-19(9-27-11-23)17-3-5-24-18(7-17)4-6-25(33)30(24)2/h3,5,7-12,21-22H,4,6,13-16H2,1-2H3. The first-order valence-electron chi connectivity index (χ1n) is 11.8. The number of rotatable bonds is 3. The molecule has 8 nitrogen and oxygen atoms in total. The summed E-state index contributed by atoms with van der Waals surface area (Å²) in [4.78, 5) is 35.5. The lowest BCUT2D eigenvalue weighted by atomic mass is 9.96. The average molecular weight is 457 g/mol. The highest BCUT2D eigenvalue weighted by Gasteiger charge is 2.42. The van der Waals surface area contributed by atoms with E-state index >= 15 is 0 Å². The van der Waals surface area contributed by atoms with Crippen LogP contribution in [-0.2, 0) is 18.3 Å². The summed E-state index contributed by atoms with van der Waals surface area (Å²) in [6.07, 6.45) is 8.63. The van der Waals surface area contributed by atoms with Gasteiger partial charge >= 0.3 is 0 Å². The Balaban J connectivity index is 1.16. The first kappa shape index (κ1) is 20.9. The molecule has 0 bridgehead atoms. The van der Waals surface area contributed by atoms with Gasteiger partial charge in [0.15, 0.2) is 0 Å². The number of likely N-dealkylation sites (tertiary alicyclic amines) is 1. The minimum atomic E-state index is 0.0810. The third-order valence-corrected chi connectivity index (χ3v) is 7.57. The second-order valence-corrected chi connectivity index (χ2v) is 9.77. The number of aryl methyl sites for hydroxylation is 2. The van der Waals surface area contributed by atoms with Crippen LogP contribution in [0.2, 0.25) is 0 Å². The largest absolute Gasteiger partial charge is 0.370 e. The van der Waals surface area contributed by atoms with E-state index in [1.165, 1.54) is 5.56 Å². The first-order valence-corrected chi connectivity index (χ1v) is 11.8. The smallest absolute Gasteiger partial charge is 0.257 e. The van der Waals surface area contributed by atoms with E-state index < -0.39 is 0 Å².